The average Bonchev–Trinajstić information content (AvgIpc) is 2.94. The largest absolute Gasteiger partial charge is 0.494 e. The van der Waals surface area contributed by atoms with Crippen LogP contribution in [-0.4, -0.2) is 39.4 Å². The zero-order valence-electron chi connectivity index (χ0n) is 11.6. The highest BCUT2D eigenvalue weighted by molar-refractivity contribution is 5.58. The van der Waals surface area contributed by atoms with Gasteiger partial charge in [0.2, 0.25) is 0 Å². The molecule has 108 valence electrons. The molecule has 0 spiro atoms. The van der Waals surface area contributed by atoms with Gasteiger partial charge in [0.15, 0.2) is 0 Å². The van der Waals surface area contributed by atoms with Crippen molar-refractivity contribution in [3.05, 3.63) is 30.5 Å². The smallest absolute Gasteiger partial charge is 0.119 e. The Kier molecular flexibility index (Phi) is 5.09. The average molecular weight is 276 g/mol. The topological polar surface area (TPSA) is 86.2 Å². The van der Waals surface area contributed by atoms with E-state index in [1.165, 1.54) is 0 Å². The van der Waals surface area contributed by atoms with Crippen LogP contribution >= 0.6 is 0 Å². The molecule has 0 saturated carbocycles. The first kappa shape index (κ1) is 14.5. The van der Waals surface area contributed by atoms with Gasteiger partial charge in [-0.05, 0) is 30.7 Å². The maximum Gasteiger partial charge on any atom is 0.119 e. The number of aliphatic hydroxyl groups is 1. The van der Waals surface area contributed by atoms with Crippen molar-refractivity contribution in [2.45, 2.75) is 25.9 Å². The Morgan fingerprint density at radius 1 is 1.35 bits per heavy atom. The van der Waals surface area contributed by atoms with Crippen LogP contribution < -0.4 is 10.5 Å². The van der Waals surface area contributed by atoms with Crippen molar-refractivity contribution in [2.24, 2.45) is 5.73 Å². The lowest BCUT2D eigenvalue weighted by Crippen LogP contribution is -2.30. The van der Waals surface area contributed by atoms with Gasteiger partial charge in [-0.2, -0.15) is 0 Å². The number of nitrogens with two attached hydrogens (primary N) is 1. The molecule has 0 saturated heterocycles. The minimum absolute atomic E-state index is 0.0708. The third-order valence-electron chi connectivity index (χ3n) is 2.82. The molecule has 20 heavy (non-hydrogen) atoms. The van der Waals surface area contributed by atoms with Crippen LogP contribution in [0.2, 0.25) is 0 Å². The van der Waals surface area contributed by atoms with E-state index in [1.54, 1.807) is 4.68 Å². The van der Waals surface area contributed by atoms with Crippen molar-refractivity contribution in [1.82, 2.24) is 15.0 Å². The molecule has 0 radical (unpaired) electrons. The molecule has 1 aromatic heterocycles. The number of benzene rings is 1. The van der Waals surface area contributed by atoms with Crippen molar-refractivity contribution >= 4 is 0 Å². The second kappa shape index (κ2) is 7.02. The van der Waals surface area contributed by atoms with Gasteiger partial charge in [0.1, 0.15) is 11.4 Å². The molecule has 3 N–H and O–H groups in total. The molecule has 0 aliphatic heterocycles. The van der Waals surface area contributed by atoms with E-state index in [9.17, 15) is 0 Å². The van der Waals surface area contributed by atoms with Gasteiger partial charge in [-0.25, -0.2) is 0 Å². The van der Waals surface area contributed by atoms with Crippen LogP contribution in [0.4, 0.5) is 0 Å². The van der Waals surface area contributed by atoms with Gasteiger partial charge in [0.25, 0.3) is 0 Å². The predicted molar refractivity (Wildman–Crippen MR) is 76.3 cm³/mol. The summed E-state index contributed by atoms with van der Waals surface area (Å²) in [5.74, 6) is 0.852. The molecule has 1 atom stereocenters. The number of hydrogen-bond donors (Lipinski definition) is 2. The fourth-order valence-corrected chi connectivity index (χ4v) is 1.76. The minimum Gasteiger partial charge on any atom is -0.494 e. The number of aromatic nitrogens is 3. The lowest BCUT2D eigenvalue weighted by molar-refractivity contribution is 0.250. The highest BCUT2D eigenvalue weighted by Crippen LogP contribution is 2.20. The Balaban J connectivity index is 2.04. The molecular formula is C14H20N4O2. The van der Waals surface area contributed by atoms with Crippen molar-refractivity contribution in [3.63, 3.8) is 0 Å². The summed E-state index contributed by atoms with van der Waals surface area (Å²) in [7, 11) is 0. The Morgan fingerprint density at radius 2 is 2.10 bits per heavy atom. The maximum absolute atomic E-state index is 8.92. The molecule has 0 aliphatic carbocycles. The predicted octanol–water partition coefficient (Wildman–Crippen LogP) is 1.05. The Morgan fingerprint density at radius 3 is 2.75 bits per heavy atom. The fourth-order valence-electron chi connectivity index (χ4n) is 1.76. The summed E-state index contributed by atoms with van der Waals surface area (Å²) in [5, 5.41) is 17.0. The molecule has 6 heteroatoms. The molecule has 2 aromatic rings. The molecule has 0 aliphatic rings. The standard InChI is InChI=1S/C14H20N4O2/c1-2-7-20-13-5-3-11(4-6-13)14-9-18(17-16-14)8-12(15)10-19/h3-6,9,12,19H,2,7-8,10,15H2,1H3/t12-/m1/s1. The summed E-state index contributed by atoms with van der Waals surface area (Å²) in [4.78, 5) is 0. The van der Waals surface area contributed by atoms with Gasteiger partial charge in [0, 0.05) is 11.6 Å². The van der Waals surface area contributed by atoms with Crippen LogP contribution in [0.15, 0.2) is 30.5 Å². The fraction of sp³-hybridized carbons (Fsp3) is 0.429. The Hall–Kier alpha value is -1.92. The van der Waals surface area contributed by atoms with Gasteiger partial charge < -0.3 is 15.6 Å². The van der Waals surface area contributed by atoms with E-state index in [0.717, 1.165) is 23.4 Å². The molecular weight excluding hydrogens is 256 g/mol. The maximum atomic E-state index is 8.92. The van der Waals surface area contributed by atoms with Gasteiger partial charge in [-0.3, -0.25) is 4.68 Å². The van der Waals surface area contributed by atoms with E-state index in [4.69, 9.17) is 15.6 Å². The molecule has 0 unspecified atom stereocenters. The van der Waals surface area contributed by atoms with E-state index in [1.807, 2.05) is 30.5 Å². The molecule has 1 aromatic carbocycles. The summed E-state index contributed by atoms with van der Waals surface area (Å²) < 4.78 is 7.17. The van der Waals surface area contributed by atoms with Gasteiger partial charge in [-0.1, -0.05) is 12.1 Å². The molecule has 0 bridgehead atoms. The SMILES string of the molecule is CCCOc1ccc(-c2cn(C[C@@H](N)CO)nn2)cc1. The summed E-state index contributed by atoms with van der Waals surface area (Å²) >= 11 is 0. The third-order valence-corrected chi connectivity index (χ3v) is 2.82. The van der Waals surface area contributed by atoms with E-state index >= 15 is 0 Å². The first-order chi connectivity index (χ1) is 9.72. The van der Waals surface area contributed by atoms with Gasteiger partial charge in [0.05, 0.1) is 26.0 Å². The molecule has 0 fully saturated rings. The quantitative estimate of drug-likeness (QED) is 0.789. The molecule has 2 rings (SSSR count). The van der Waals surface area contributed by atoms with E-state index in [-0.39, 0.29) is 12.6 Å². The number of ether oxygens (including phenoxy) is 1. The summed E-state index contributed by atoms with van der Waals surface area (Å²) in [6, 6.07) is 7.42. The van der Waals surface area contributed by atoms with Gasteiger partial charge >= 0.3 is 0 Å². The van der Waals surface area contributed by atoms with Crippen LogP contribution in [0, 0.1) is 0 Å². The third kappa shape index (κ3) is 3.79. The highest BCUT2D eigenvalue weighted by atomic mass is 16.5. The van der Waals surface area contributed by atoms with Crippen LogP contribution in [0.3, 0.4) is 0 Å². The monoisotopic (exact) mass is 276 g/mol. The van der Waals surface area contributed by atoms with Crippen LogP contribution in [0.5, 0.6) is 5.75 Å². The first-order valence-corrected chi connectivity index (χ1v) is 6.72. The van der Waals surface area contributed by atoms with E-state index in [2.05, 4.69) is 17.2 Å². The summed E-state index contributed by atoms with van der Waals surface area (Å²) in [6.07, 6.45) is 2.80. The Bertz CT molecular complexity index is 524. The number of rotatable bonds is 7. The van der Waals surface area contributed by atoms with Crippen molar-refractivity contribution in [1.29, 1.82) is 0 Å². The summed E-state index contributed by atoms with van der Waals surface area (Å²) in [5.41, 5.74) is 7.41. The summed E-state index contributed by atoms with van der Waals surface area (Å²) in [6.45, 7) is 3.16. The van der Waals surface area contributed by atoms with E-state index < -0.39 is 0 Å². The lowest BCUT2D eigenvalue weighted by atomic mass is 10.1. The molecule has 6 nitrogen and oxygen atoms in total. The number of hydrogen-bond acceptors (Lipinski definition) is 5. The first-order valence-electron chi connectivity index (χ1n) is 6.72. The second-order valence-corrected chi connectivity index (χ2v) is 4.64. The molecule has 1 heterocycles. The Labute approximate surface area is 118 Å². The van der Waals surface area contributed by atoms with E-state index in [0.29, 0.717) is 13.2 Å². The molecule has 0 amide bonds. The van der Waals surface area contributed by atoms with Crippen LogP contribution in [-0.2, 0) is 6.54 Å². The second-order valence-electron chi connectivity index (χ2n) is 4.64. The normalized spacial score (nSPS) is 12.3. The van der Waals surface area contributed by atoms with Gasteiger partial charge in [-0.15, -0.1) is 5.10 Å². The minimum atomic E-state index is -0.325. The van der Waals surface area contributed by atoms with Crippen molar-refractivity contribution in [3.8, 4) is 17.0 Å². The number of aliphatic hydroxyl groups excluding tert-OH is 1. The zero-order chi connectivity index (χ0) is 14.4. The lowest BCUT2D eigenvalue weighted by Gasteiger charge is -2.06. The highest BCUT2D eigenvalue weighted by Gasteiger charge is 2.07. The van der Waals surface area contributed by atoms with Crippen LogP contribution in [0.1, 0.15) is 13.3 Å². The van der Waals surface area contributed by atoms with Crippen molar-refractivity contribution in [2.75, 3.05) is 13.2 Å². The van der Waals surface area contributed by atoms with Crippen LogP contribution in [0.25, 0.3) is 11.3 Å². The van der Waals surface area contributed by atoms with Crippen molar-refractivity contribution < 1.29 is 9.84 Å². The number of nitrogens with zero attached hydrogens (tertiary/aromatic N) is 3. The zero-order valence-corrected chi connectivity index (χ0v) is 11.6.